The topological polar surface area (TPSA) is 17.0 Å². The van der Waals surface area contributed by atoms with Crippen molar-refractivity contribution in [2.75, 3.05) is 12.0 Å². The highest BCUT2D eigenvalue weighted by atomic mass is 32.2. The first-order valence-corrected chi connectivity index (χ1v) is 8.41. The van der Waals surface area contributed by atoms with Crippen LogP contribution in [0.1, 0.15) is 25.8 Å². The van der Waals surface area contributed by atoms with E-state index in [9.17, 15) is 0 Å². The van der Waals surface area contributed by atoms with E-state index in [1.807, 2.05) is 11.8 Å². The molecule has 1 aromatic carbocycles. The molecular weight excluding hydrogens is 252 g/mol. The molecule has 2 nitrogen and oxygen atoms in total. The van der Waals surface area contributed by atoms with Crippen molar-refractivity contribution in [2.24, 2.45) is 0 Å². The molecule has 2 rings (SSSR count). The second kappa shape index (κ2) is 7.01. The standard InChI is InChI=1S/C16H24N2S/c1-13(2)17-12-14-6-4-7-16-15(14)8-10-18(16)9-5-11-19-3/h4,6-8,10,13,17H,5,9,11-12H2,1-3H3. The van der Waals surface area contributed by atoms with Crippen LogP contribution in [0, 0.1) is 0 Å². The normalized spacial score (nSPS) is 11.6. The molecule has 0 spiro atoms. The van der Waals surface area contributed by atoms with Crippen LogP contribution in [0.25, 0.3) is 10.9 Å². The summed E-state index contributed by atoms with van der Waals surface area (Å²) in [6.45, 7) is 6.44. The second-order valence-electron chi connectivity index (χ2n) is 5.24. The van der Waals surface area contributed by atoms with E-state index >= 15 is 0 Å². The molecule has 0 aliphatic heterocycles. The first-order valence-electron chi connectivity index (χ1n) is 7.01. The Morgan fingerprint density at radius 3 is 2.84 bits per heavy atom. The van der Waals surface area contributed by atoms with Gasteiger partial charge in [-0.15, -0.1) is 0 Å². The number of fused-ring (bicyclic) bond motifs is 1. The fourth-order valence-electron chi connectivity index (χ4n) is 2.33. The van der Waals surface area contributed by atoms with E-state index in [1.165, 1.54) is 28.6 Å². The van der Waals surface area contributed by atoms with Gasteiger partial charge in [0.05, 0.1) is 0 Å². The van der Waals surface area contributed by atoms with E-state index in [0.717, 1.165) is 13.1 Å². The maximum absolute atomic E-state index is 3.50. The zero-order valence-corrected chi connectivity index (χ0v) is 13.0. The van der Waals surface area contributed by atoms with Gasteiger partial charge in [0.1, 0.15) is 0 Å². The highest BCUT2D eigenvalue weighted by Gasteiger charge is 2.05. The summed E-state index contributed by atoms with van der Waals surface area (Å²) in [4.78, 5) is 0. The van der Waals surface area contributed by atoms with Crippen LogP contribution in [-0.2, 0) is 13.1 Å². The number of thioether (sulfide) groups is 1. The van der Waals surface area contributed by atoms with Crippen LogP contribution >= 0.6 is 11.8 Å². The number of nitrogens with zero attached hydrogens (tertiary/aromatic N) is 1. The SMILES string of the molecule is CSCCCn1ccc2c(CNC(C)C)cccc21. The van der Waals surface area contributed by atoms with Crippen molar-refractivity contribution in [1.82, 2.24) is 9.88 Å². The Hall–Kier alpha value is -0.930. The van der Waals surface area contributed by atoms with Crippen LogP contribution in [0.4, 0.5) is 0 Å². The Bertz CT molecular complexity index is 516. The number of hydrogen-bond donors (Lipinski definition) is 1. The van der Waals surface area contributed by atoms with Gasteiger partial charge in [-0.2, -0.15) is 11.8 Å². The fraction of sp³-hybridized carbons (Fsp3) is 0.500. The molecule has 0 saturated carbocycles. The van der Waals surface area contributed by atoms with Gasteiger partial charge in [-0.3, -0.25) is 0 Å². The summed E-state index contributed by atoms with van der Waals surface area (Å²) in [5.41, 5.74) is 2.76. The van der Waals surface area contributed by atoms with Gasteiger partial charge < -0.3 is 9.88 Å². The first kappa shape index (κ1) is 14.5. The van der Waals surface area contributed by atoms with Gasteiger partial charge in [-0.05, 0) is 36.1 Å². The lowest BCUT2D eigenvalue weighted by Crippen LogP contribution is -2.21. The molecule has 0 fully saturated rings. The zero-order valence-electron chi connectivity index (χ0n) is 12.1. The van der Waals surface area contributed by atoms with Gasteiger partial charge in [-0.1, -0.05) is 26.0 Å². The third kappa shape index (κ3) is 3.77. The summed E-state index contributed by atoms with van der Waals surface area (Å²) in [7, 11) is 0. The largest absolute Gasteiger partial charge is 0.347 e. The number of nitrogens with one attached hydrogen (secondary N) is 1. The van der Waals surface area contributed by atoms with Crippen molar-refractivity contribution in [3.05, 3.63) is 36.0 Å². The smallest absolute Gasteiger partial charge is 0.0483 e. The van der Waals surface area contributed by atoms with E-state index in [4.69, 9.17) is 0 Å². The maximum atomic E-state index is 3.50. The average Bonchev–Trinajstić information content (AvgIpc) is 2.80. The molecule has 0 radical (unpaired) electrons. The van der Waals surface area contributed by atoms with Gasteiger partial charge in [0, 0.05) is 36.2 Å². The minimum absolute atomic E-state index is 0.527. The first-order chi connectivity index (χ1) is 9.22. The van der Waals surface area contributed by atoms with Gasteiger partial charge in [0.2, 0.25) is 0 Å². The molecule has 1 heterocycles. The van der Waals surface area contributed by atoms with Crippen LogP contribution in [0.15, 0.2) is 30.5 Å². The number of aromatic nitrogens is 1. The predicted octanol–water partition coefficient (Wildman–Crippen LogP) is 3.89. The van der Waals surface area contributed by atoms with Gasteiger partial charge in [0.15, 0.2) is 0 Å². The van der Waals surface area contributed by atoms with Crippen LogP contribution in [0.2, 0.25) is 0 Å². The lowest BCUT2D eigenvalue weighted by molar-refractivity contribution is 0.590. The minimum atomic E-state index is 0.527. The molecule has 0 bridgehead atoms. The average molecular weight is 276 g/mol. The van der Waals surface area contributed by atoms with Crippen LogP contribution < -0.4 is 5.32 Å². The minimum Gasteiger partial charge on any atom is -0.347 e. The van der Waals surface area contributed by atoms with Crippen molar-refractivity contribution in [3.63, 3.8) is 0 Å². The molecule has 0 atom stereocenters. The summed E-state index contributed by atoms with van der Waals surface area (Å²) < 4.78 is 2.38. The van der Waals surface area contributed by atoms with Crippen molar-refractivity contribution < 1.29 is 0 Å². The third-order valence-corrected chi connectivity index (χ3v) is 4.05. The Labute approximate surface area is 120 Å². The molecular formula is C16H24N2S. The molecule has 0 aliphatic rings. The molecule has 3 heteroatoms. The summed E-state index contributed by atoms with van der Waals surface area (Å²) in [5.74, 6) is 1.23. The lowest BCUT2D eigenvalue weighted by Gasteiger charge is -2.10. The summed E-state index contributed by atoms with van der Waals surface area (Å²) in [6.07, 6.45) is 5.63. The third-order valence-electron chi connectivity index (χ3n) is 3.35. The number of hydrogen-bond acceptors (Lipinski definition) is 2. The zero-order chi connectivity index (χ0) is 13.7. The molecule has 1 aromatic heterocycles. The van der Waals surface area contributed by atoms with E-state index in [-0.39, 0.29) is 0 Å². The molecule has 0 aliphatic carbocycles. The van der Waals surface area contributed by atoms with E-state index in [1.54, 1.807) is 0 Å². The molecule has 0 amide bonds. The second-order valence-corrected chi connectivity index (χ2v) is 6.23. The summed E-state index contributed by atoms with van der Waals surface area (Å²) in [5, 5.41) is 4.89. The maximum Gasteiger partial charge on any atom is 0.0483 e. The molecule has 0 saturated heterocycles. The molecule has 0 unspecified atom stereocenters. The number of benzene rings is 1. The van der Waals surface area contributed by atoms with Gasteiger partial charge >= 0.3 is 0 Å². The van der Waals surface area contributed by atoms with Crippen LogP contribution in [0.3, 0.4) is 0 Å². The summed E-state index contributed by atoms with van der Waals surface area (Å²) in [6, 6.07) is 9.41. The number of rotatable bonds is 7. The Morgan fingerprint density at radius 1 is 1.26 bits per heavy atom. The fourth-order valence-corrected chi connectivity index (χ4v) is 2.75. The highest BCUT2D eigenvalue weighted by molar-refractivity contribution is 7.98. The van der Waals surface area contributed by atoms with Crippen LogP contribution in [0.5, 0.6) is 0 Å². The van der Waals surface area contributed by atoms with Crippen molar-refractivity contribution in [2.45, 2.75) is 39.4 Å². The quantitative estimate of drug-likeness (QED) is 0.773. The van der Waals surface area contributed by atoms with Gasteiger partial charge in [-0.25, -0.2) is 0 Å². The number of aryl methyl sites for hydroxylation is 1. The Kier molecular flexibility index (Phi) is 5.34. The molecule has 2 aromatic rings. The van der Waals surface area contributed by atoms with Crippen LogP contribution in [-0.4, -0.2) is 22.6 Å². The molecule has 104 valence electrons. The lowest BCUT2D eigenvalue weighted by atomic mass is 10.1. The van der Waals surface area contributed by atoms with E-state index in [0.29, 0.717) is 6.04 Å². The molecule has 1 N–H and O–H groups in total. The Morgan fingerprint density at radius 2 is 2.11 bits per heavy atom. The van der Waals surface area contributed by atoms with E-state index < -0.39 is 0 Å². The molecule has 19 heavy (non-hydrogen) atoms. The summed E-state index contributed by atoms with van der Waals surface area (Å²) >= 11 is 1.92. The van der Waals surface area contributed by atoms with Gasteiger partial charge in [0.25, 0.3) is 0 Å². The monoisotopic (exact) mass is 276 g/mol. The van der Waals surface area contributed by atoms with Crippen molar-refractivity contribution in [3.8, 4) is 0 Å². The Balaban J connectivity index is 2.16. The predicted molar refractivity (Wildman–Crippen MR) is 86.9 cm³/mol. The van der Waals surface area contributed by atoms with Crippen molar-refractivity contribution >= 4 is 22.7 Å². The van der Waals surface area contributed by atoms with E-state index in [2.05, 4.69) is 60.4 Å². The van der Waals surface area contributed by atoms with Crippen molar-refractivity contribution in [1.29, 1.82) is 0 Å². The highest BCUT2D eigenvalue weighted by Crippen LogP contribution is 2.21.